The van der Waals surface area contributed by atoms with Crippen LogP contribution in [0.15, 0.2) is 230 Å². The fourth-order valence-corrected chi connectivity index (χ4v) is 13.9. The van der Waals surface area contributed by atoms with Crippen molar-refractivity contribution in [3.05, 3.63) is 274 Å². The third-order valence-electron chi connectivity index (χ3n) is 14.0. The van der Waals surface area contributed by atoms with Crippen molar-refractivity contribution in [3.63, 3.8) is 0 Å². The number of nitrogens with zero attached hydrogens (tertiary/aromatic N) is 1. The first-order valence-electron chi connectivity index (χ1n) is 22.4. The first-order valence-corrected chi connectivity index (χ1v) is 26.8. The van der Waals surface area contributed by atoms with Gasteiger partial charge in [-0.3, -0.25) is 0 Å². The van der Waals surface area contributed by atoms with E-state index in [-0.39, 0.29) is 0 Å². The molecule has 3 heteroatoms. The molecule has 2 aliphatic carbocycles. The van der Waals surface area contributed by atoms with Gasteiger partial charge in [0.1, 0.15) is 0 Å². The Morgan fingerprint density at radius 1 is 0.359 bits per heavy atom. The van der Waals surface area contributed by atoms with E-state index in [4.69, 9.17) is 0 Å². The topological polar surface area (TPSA) is 3.24 Å². The van der Waals surface area contributed by atoms with Gasteiger partial charge in [0.15, 0.2) is 0 Å². The third-order valence-corrected chi connectivity index (χ3v) is 17.0. The number of fused-ring (bicyclic) bond motifs is 7. The minimum Gasteiger partial charge on any atom is -0.310 e. The van der Waals surface area contributed by atoms with Crippen molar-refractivity contribution in [3.8, 4) is 22.3 Å². The van der Waals surface area contributed by atoms with Gasteiger partial charge in [0.05, 0.1) is 18.9 Å². The van der Waals surface area contributed by atoms with Gasteiger partial charge >= 0.3 is 0 Å². The molecule has 1 aromatic heterocycles. The predicted octanol–water partition coefficient (Wildman–Crippen LogP) is 15.6. The van der Waals surface area contributed by atoms with Crippen molar-refractivity contribution >= 4 is 51.7 Å². The van der Waals surface area contributed by atoms with E-state index < -0.39 is 18.9 Å². The van der Waals surface area contributed by atoms with E-state index in [1.165, 1.54) is 82.0 Å². The number of anilines is 3. The van der Waals surface area contributed by atoms with Gasteiger partial charge in [0.2, 0.25) is 0 Å². The highest BCUT2D eigenvalue weighted by Crippen LogP contribution is 2.59. The van der Waals surface area contributed by atoms with E-state index in [9.17, 15) is 0 Å². The Balaban J connectivity index is 1.16. The lowest BCUT2D eigenvalue weighted by Gasteiger charge is -2.38. The molecule has 0 N–H and O–H groups in total. The second kappa shape index (κ2) is 14.8. The van der Waals surface area contributed by atoms with Gasteiger partial charge in [-0.15, -0.1) is 11.3 Å². The second-order valence-corrected chi connectivity index (χ2v) is 24.4. The van der Waals surface area contributed by atoms with Crippen LogP contribution in [-0.2, 0) is 10.8 Å². The summed E-state index contributed by atoms with van der Waals surface area (Å²) >= 11 is 1.80. The molecule has 0 radical (unpaired) electrons. The van der Waals surface area contributed by atoms with Crippen molar-refractivity contribution in [1.82, 2.24) is 0 Å². The fraction of sp³-hybridized carbons (Fsp3) is 0.0820. The highest BCUT2D eigenvalue weighted by atomic mass is 32.1. The maximum atomic E-state index is 2.53. The molecule has 2 aliphatic rings. The predicted molar refractivity (Wildman–Crippen MR) is 274 cm³/mol. The summed E-state index contributed by atoms with van der Waals surface area (Å²) in [6.07, 6.45) is 0. The number of hydrogen-bond donors (Lipinski definition) is 0. The molecular weight excluding hydrogens is 807 g/mol. The lowest BCUT2D eigenvalue weighted by Crippen LogP contribution is -2.45. The maximum absolute atomic E-state index is 2.53. The Hall–Kier alpha value is -7.04. The van der Waals surface area contributed by atoms with Gasteiger partial charge in [-0.25, -0.2) is 0 Å². The zero-order valence-corrected chi connectivity index (χ0v) is 38.1. The number of rotatable bonds is 8. The molecule has 1 atom stereocenters. The Morgan fingerprint density at radius 3 is 1.34 bits per heavy atom. The second-order valence-electron chi connectivity index (χ2n) is 18.4. The Morgan fingerprint density at radius 2 is 0.781 bits per heavy atom. The van der Waals surface area contributed by atoms with Crippen LogP contribution in [0.25, 0.3) is 32.3 Å². The molecule has 0 spiro atoms. The molecule has 12 rings (SSSR count). The van der Waals surface area contributed by atoms with Crippen molar-refractivity contribution in [2.45, 2.75) is 30.5 Å². The monoisotopic (exact) mass is 853 g/mol. The van der Waals surface area contributed by atoms with Crippen LogP contribution < -0.4 is 10.1 Å². The number of thiophene rings is 1. The highest BCUT2D eigenvalue weighted by Gasteiger charge is 2.49. The van der Waals surface area contributed by atoms with Crippen LogP contribution in [-0.4, -0.2) is 8.07 Å². The normalized spacial score (nSPS) is 15.6. The van der Waals surface area contributed by atoms with E-state index in [1.807, 2.05) is 0 Å². The molecule has 0 amide bonds. The first-order chi connectivity index (χ1) is 31.4. The van der Waals surface area contributed by atoms with Crippen LogP contribution in [0.2, 0.25) is 19.6 Å². The molecule has 9 aromatic carbocycles. The van der Waals surface area contributed by atoms with Gasteiger partial charge in [-0.1, -0.05) is 207 Å². The van der Waals surface area contributed by atoms with E-state index in [0.717, 1.165) is 17.1 Å². The summed E-state index contributed by atoms with van der Waals surface area (Å²) in [7, 11) is -1.84. The average molecular weight is 854 g/mol. The van der Waals surface area contributed by atoms with E-state index in [2.05, 4.69) is 254 Å². The first kappa shape index (κ1) is 38.6. The number of benzene rings is 9. The van der Waals surface area contributed by atoms with Crippen LogP contribution in [0, 0.1) is 0 Å². The van der Waals surface area contributed by atoms with E-state index in [0.29, 0.717) is 0 Å². The molecule has 10 aromatic rings. The van der Waals surface area contributed by atoms with Crippen molar-refractivity contribution < 1.29 is 0 Å². The summed E-state index contributed by atoms with van der Waals surface area (Å²) in [6.45, 7) is 7.46. The van der Waals surface area contributed by atoms with Crippen LogP contribution in [0.1, 0.15) is 44.5 Å². The third kappa shape index (κ3) is 5.60. The molecule has 1 heterocycles. The summed E-state index contributed by atoms with van der Waals surface area (Å²) in [5.41, 5.74) is 18.0. The van der Waals surface area contributed by atoms with Crippen LogP contribution in [0.4, 0.5) is 17.1 Å². The van der Waals surface area contributed by atoms with Crippen LogP contribution >= 0.6 is 11.3 Å². The fourth-order valence-electron chi connectivity index (χ4n) is 11.4. The summed E-state index contributed by atoms with van der Waals surface area (Å²) < 4.78 is 1.27. The smallest absolute Gasteiger partial charge is 0.0780 e. The van der Waals surface area contributed by atoms with Crippen molar-refractivity contribution in [1.29, 1.82) is 0 Å². The summed E-state index contributed by atoms with van der Waals surface area (Å²) in [5, 5.41) is 4.96. The molecule has 0 bridgehead atoms. The molecule has 0 fully saturated rings. The lowest BCUT2D eigenvalue weighted by atomic mass is 9.67. The molecular formula is C61H47NSSi. The molecule has 0 saturated carbocycles. The number of hydrogen-bond acceptors (Lipinski definition) is 2. The summed E-state index contributed by atoms with van der Waals surface area (Å²) in [6, 6.07) is 84.9. The minimum atomic E-state index is -1.84. The average Bonchev–Trinajstić information content (AvgIpc) is 4.02. The summed E-state index contributed by atoms with van der Waals surface area (Å²) in [4.78, 5) is 2.52. The Kier molecular flexibility index (Phi) is 8.91. The van der Waals surface area contributed by atoms with Crippen LogP contribution in [0.3, 0.4) is 0 Å². The molecule has 1 unspecified atom stereocenters. The molecule has 1 nitrogen and oxygen atoms in total. The SMILES string of the molecule is C[Si](C)(C)c1ccccc1C1(c2ccccc2)c2ccccc2-c2ccc(N(c3ccc4c(c3)C(c3ccccc3)(c3ccccc3)c3ccccc3-4)c3ccc4ccsc4c3)cc21. The van der Waals surface area contributed by atoms with Crippen LogP contribution in [0.5, 0.6) is 0 Å². The Labute approximate surface area is 381 Å². The standard InChI is InChI=1S/C61H47NSSi/c1-64(2,3)59-30-18-17-29-55(59)61(45-23-11-6-12-24-45)54-28-16-14-26-50(54)52-36-34-47(40-57(52)61)62(48-32-31-42-37-38-63-58(42)41-48)46-33-35-51-49-25-13-15-27-53(49)60(56(51)39-46,43-19-7-4-8-20-43)44-21-9-5-10-22-44/h4-41H,1-3H3. The summed E-state index contributed by atoms with van der Waals surface area (Å²) in [5.74, 6) is 0. The van der Waals surface area contributed by atoms with E-state index in [1.54, 1.807) is 11.3 Å². The largest absolute Gasteiger partial charge is 0.310 e. The molecule has 306 valence electrons. The van der Waals surface area contributed by atoms with Crippen molar-refractivity contribution in [2.75, 3.05) is 4.90 Å². The van der Waals surface area contributed by atoms with Gasteiger partial charge in [-0.05, 0) is 120 Å². The molecule has 0 aliphatic heterocycles. The lowest BCUT2D eigenvalue weighted by molar-refractivity contribution is 0.768. The highest BCUT2D eigenvalue weighted by molar-refractivity contribution is 7.17. The zero-order chi connectivity index (χ0) is 43.0. The Bertz CT molecular complexity index is 3340. The van der Waals surface area contributed by atoms with Gasteiger partial charge in [0.25, 0.3) is 0 Å². The van der Waals surface area contributed by atoms with Gasteiger partial charge in [-0.2, -0.15) is 0 Å². The zero-order valence-electron chi connectivity index (χ0n) is 36.3. The van der Waals surface area contributed by atoms with Gasteiger partial charge in [0, 0.05) is 21.8 Å². The molecule has 0 saturated heterocycles. The quantitative estimate of drug-likeness (QED) is 0.138. The van der Waals surface area contributed by atoms with E-state index >= 15 is 0 Å². The van der Waals surface area contributed by atoms with Crippen molar-refractivity contribution in [2.24, 2.45) is 0 Å². The molecule has 64 heavy (non-hydrogen) atoms. The minimum absolute atomic E-state index is 0.517. The maximum Gasteiger partial charge on any atom is 0.0780 e. The van der Waals surface area contributed by atoms with Gasteiger partial charge < -0.3 is 4.90 Å².